The molecule has 0 aliphatic rings. The standard InChI is InChI=1S/C11H10FN3O2/c12-8-5-7(1-2-9(8)13)6-15-11(17)4-3-10(16)14-15/h1-5H,6,13H2,(H,14,16). The molecule has 1 aromatic carbocycles. The minimum atomic E-state index is -0.547. The number of anilines is 1. The highest BCUT2D eigenvalue weighted by molar-refractivity contribution is 5.41. The molecule has 0 bridgehead atoms. The largest absolute Gasteiger partial charge is 0.396 e. The van der Waals surface area contributed by atoms with Gasteiger partial charge in [-0.3, -0.25) is 14.7 Å². The number of aromatic amines is 1. The summed E-state index contributed by atoms with van der Waals surface area (Å²) in [6.45, 7) is 0.0894. The second kappa shape index (κ2) is 4.25. The van der Waals surface area contributed by atoms with E-state index in [-0.39, 0.29) is 23.4 Å². The Morgan fingerprint density at radius 2 is 2.00 bits per heavy atom. The van der Waals surface area contributed by atoms with Gasteiger partial charge in [-0.05, 0) is 17.7 Å². The lowest BCUT2D eigenvalue weighted by Gasteiger charge is -2.05. The van der Waals surface area contributed by atoms with Crippen molar-refractivity contribution in [2.24, 2.45) is 0 Å². The first kappa shape index (κ1) is 11.1. The van der Waals surface area contributed by atoms with E-state index in [9.17, 15) is 14.0 Å². The van der Waals surface area contributed by atoms with Crippen molar-refractivity contribution in [2.45, 2.75) is 6.54 Å². The van der Waals surface area contributed by atoms with Gasteiger partial charge in [0.1, 0.15) is 5.82 Å². The minimum Gasteiger partial charge on any atom is -0.396 e. The fraction of sp³-hybridized carbons (Fsp3) is 0.0909. The number of halogens is 1. The van der Waals surface area contributed by atoms with Gasteiger partial charge in [-0.2, -0.15) is 0 Å². The van der Waals surface area contributed by atoms with Crippen LogP contribution in [0.1, 0.15) is 5.56 Å². The van der Waals surface area contributed by atoms with E-state index < -0.39 is 5.82 Å². The number of hydrogen-bond donors (Lipinski definition) is 2. The Bertz CT molecular complexity index is 660. The monoisotopic (exact) mass is 235 g/mol. The molecule has 2 rings (SSSR count). The predicted molar refractivity (Wildman–Crippen MR) is 61.2 cm³/mol. The molecule has 2 aromatic rings. The van der Waals surface area contributed by atoms with E-state index in [0.29, 0.717) is 5.56 Å². The van der Waals surface area contributed by atoms with Crippen LogP contribution in [0, 0.1) is 5.82 Å². The third kappa shape index (κ3) is 2.41. The minimum absolute atomic E-state index is 0.0441. The molecule has 6 heteroatoms. The molecule has 1 heterocycles. The lowest BCUT2D eigenvalue weighted by Crippen LogP contribution is -2.28. The summed E-state index contributed by atoms with van der Waals surface area (Å²) in [6, 6.07) is 6.54. The summed E-state index contributed by atoms with van der Waals surface area (Å²) in [5, 5.41) is 2.35. The molecule has 0 fully saturated rings. The van der Waals surface area contributed by atoms with E-state index >= 15 is 0 Å². The predicted octanol–water partition coefficient (Wildman–Crippen LogP) is 0.306. The molecular formula is C11H10FN3O2. The van der Waals surface area contributed by atoms with Crippen LogP contribution in [0.15, 0.2) is 39.9 Å². The first-order valence-corrected chi connectivity index (χ1v) is 4.90. The third-order valence-electron chi connectivity index (χ3n) is 2.29. The van der Waals surface area contributed by atoms with E-state index in [1.165, 1.54) is 12.1 Å². The van der Waals surface area contributed by atoms with Crippen LogP contribution in [-0.2, 0) is 6.54 Å². The molecule has 88 valence electrons. The van der Waals surface area contributed by atoms with Gasteiger partial charge in [-0.25, -0.2) is 9.07 Å². The third-order valence-corrected chi connectivity index (χ3v) is 2.29. The fourth-order valence-corrected chi connectivity index (χ4v) is 1.43. The molecule has 0 aliphatic carbocycles. The van der Waals surface area contributed by atoms with Crippen LogP contribution in [-0.4, -0.2) is 9.78 Å². The maximum absolute atomic E-state index is 13.2. The average Bonchev–Trinajstić information content (AvgIpc) is 2.29. The van der Waals surface area contributed by atoms with Crippen molar-refractivity contribution in [1.29, 1.82) is 0 Å². The van der Waals surface area contributed by atoms with Crippen molar-refractivity contribution < 1.29 is 4.39 Å². The van der Waals surface area contributed by atoms with Gasteiger partial charge in [0.05, 0.1) is 12.2 Å². The van der Waals surface area contributed by atoms with Crippen molar-refractivity contribution >= 4 is 5.69 Å². The van der Waals surface area contributed by atoms with Crippen molar-refractivity contribution in [2.75, 3.05) is 5.73 Å². The molecule has 0 spiro atoms. The van der Waals surface area contributed by atoms with Crippen molar-refractivity contribution in [3.63, 3.8) is 0 Å². The highest BCUT2D eigenvalue weighted by Gasteiger charge is 2.02. The quantitative estimate of drug-likeness (QED) is 0.735. The Labute approximate surface area is 95.3 Å². The summed E-state index contributed by atoms with van der Waals surface area (Å²) in [4.78, 5) is 22.4. The van der Waals surface area contributed by atoms with Crippen molar-refractivity contribution in [3.05, 3.63) is 62.4 Å². The van der Waals surface area contributed by atoms with Gasteiger partial charge in [0.15, 0.2) is 0 Å². The summed E-state index contributed by atoms with van der Waals surface area (Å²) in [5.41, 5.74) is 5.17. The number of nitrogen functional groups attached to an aromatic ring is 1. The Morgan fingerprint density at radius 1 is 1.24 bits per heavy atom. The second-order valence-corrected chi connectivity index (χ2v) is 3.59. The molecule has 5 nitrogen and oxygen atoms in total. The lowest BCUT2D eigenvalue weighted by atomic mass is 10.2. The normalized spacial score (nSPS) is 10.4. The number of H-pyrrole nitrogens is 1. The first-order valence-electron chi connectivity index (χ1n) is 4.90. The van der Waals surface area contributed by atoms with Crippen molar-refractivity contribution in [1.82, 2.24) is 9.78 Å². The van der Waals surface area contributed by atoms with Gasteiger partial charge in [0.2, 0.25) is 0 Å². The molecule has 0 radical (unpaired) electrons. The number of benzene rings is 1. The van der Waals surface area contributed by atoms with E-state index in [1.807, 2.05) is 0 Å². The molecule has 0 atom stereocenters. The molecule has 0 unspecified atom stereocenters. The molecule has 0 saturated carbocycles. The van der Waals surface area contributed by atoms with Crippen molar-refractivity contribution in [3.8, 4) is 0 Å². The number of hydrogen-bond acceptors (Lipinski definition) is 3. The van der Waals surface area contributed by atoms with Crippen LogP contribution < -0.4 is 16.9 Å². The zero-order chi connectivity index (χ0) is 12.4. The van der Waals surface area contributed by atoms with Crippen LogP contribution in [0.2, 0.25) is 0 Å². The summed E-state index contributed by atoms with van der Waals surface area (Å²) >= 11 is 0. The summed E-state index contributed by atoms with van der Waals surface area (Å²) in [7, 11) is 0. The topological polar surface area (TPSA) is 80.9 Å². The lowest BCUT2D eigenvalue weighted by molar-refractivity contribution is 0.609. The Morgan fingerprint density at radius 3 is 2.71 bits per heavy atom. The average molecular weight is 235 g/mol. The van der Waals surface area contributed by atoms with Gasteiger partial charge in [-0.15, -0.1) is 0 Å². The van der Waals surface area contributed by atoms with Gasteiger partial charge in [0, 0.05) is 12.1 Å². The number of nitrogens with zero attached hydrogens (tertiary/aromatic N) is 1. The zero-order valence-electron chi connectivity index (χ0n) is 8.81. The maximum atomic E-state index is 13.2. The summed E-state index contributed by atoms with van der Waals surface area (Å²) < 4.78 is 14.3. The molecule has 0 amide bonds. The summed E-state index contributed by atoms with van der Waals surface area (Å²) in [6.07, 6.45) is 0. The van der Waals surface area contributed by atoms with E-state index in [2.05, 4.69) is 5.10 Å². The second-order valence-electron chi connectivity index (χ2n) is 3.59. The Kier molecular flexibility index (Phi) is 2.78. The van der Waals surface area contributed by atoms with E-state index in [4.69, 9.17) is 5.73 Å². The Balaban J connectivity index is 2.38. The SMILES string of the molecule is Nc1ccc(Cn2[nH]c(=O)ccc2=O)cc1F. The van der Waals surface area contributed by atoms with Gasteiger partial charge in [-0.1, -0.05) is 6.07 Å². The highest BCUT2D eigenvalue weighted by Crippen LogP contribution is 2.11. The number of nitrogens with two attached hydrogens (primary N) is 1. The number of aromatic nitrogens is 2. The number of nitrogens with one attached hydrogen (secondary N) is 1. The summed E-state index contributed by atoms with van der Waals surface area (Å²) in [5.74, 6) is -0.547. The highest BCUT2D eigenvalue weighted by atomic mass is 19.1. The molecule has 3 N–H and O–H groups in total. The maximum Gasteiger partial charge on any atom is 0.265 e. The van der Waals surface area contributed by atoms with Crippen LogP contribution in [0.25, 0.3) is 0 Å². The molecule has 0 saturated heterocycles. The Hall–Kier alpha value is -2.37. The fourth-order valence-electron chi connectivity index (χ4n) is 1.43. The number of rotatable bonds is 2. The molecule has 17 heavy (non-hydrogen) atoms. The van der Waals surface area contributed by atoms with Gasteiger partial charge < -0.3 is 5.73 Å². The van der Waals surface area contributed by atoms with E-state index in [0.717, 1.165) is 16.8 Å². The molecule has 1 aromatic heterocycles. The van der Waals surface area contributed by atoms with Crippen LogP contribution in [0.4, 0.5) is 10.1 Å². The van der Waals surface area contributed by atoms with Crippen LogP contribution in [0.3, 0.4) is 0 Å². The smallest absolute Gasteiger partial charge is 0.265 e. The van der Waals surface area contributed by atoms with Gasteiger partial charge in [0.25, 0.3) is 11.1 Å². The van der Waals surface area contributed by atoms with Crippen LogP contribution in [0.5, 0.6) is 0 Å². The van der Waals surface area contributed by atoms with Gasteiger partial charge >= 0.3 is 0 Å². The van der Waals surface area contributed by atoms with E-state index in [1.54, 1.807) is 6.07 Å². The molecular weight excluding hydrogens is 225 g/mol. The first-order chi connectivity index (χ1) is 8.06. The zero-order valence-corrected chi connectivity index (χ0v) is 8.81. The van der Waals surface area contributed by atoms with Crippen LogP contribution >= 0.6 is 0 Å². The molecule has 0 aliphatic heterocycles.